The van der Waals surface area contributed by atoms with Crippen molar-refractivity contribution in [3.8, 4) is 0 Å². The Labute approximate surface area is 103 Å². The fraction of sp³-hybridized carbons (Fsp3) is 0.455. The molecule has 1 aromatic rings. The normalized spacial score (nSPS) is 10.7. The molecule has 1 aromatic heterocycles. The van der Waals surface area contributed by atoms with Gasteiger partial charge in [-0.3, -0.25) is 9.78 Å². The summed E-state index contributed by atoms with van der Waals surface area (Å²) in [6.07, 6.45) is -1.97. The molecule has 1 rings (SSSR count). The Morgan fingerprint density at radius 3 is 2.72 bits per heavy atom. The van der Waals surface area contributed by atoms with Crippen molar-refractivity contribution >= 4 is 11.7 Å². The predicted molar refractivity (Wildman–Crippen MR) is 61.8 cm³/mol. The maximum atomic E-state index is 12.7. The highest BCUT2D eigenvalue weighted by molar-refractivity contribution is 5.76. The third-order valence-corrected chi connectivity index (χ3v) is 2.40. The Morgan fingerprint density at radius 1 is 1.56 bits per heavy atom. The molecule has 0 radical (unpaired) electrons. The molecule has 4 N–H and O–H groups in total. The summed E-state index contributed by atoms with van der Waals surface area (Å²) in [4.78, 5) is 15.2. The van der Waals surface area contributed by atoms with E-state index in [1.807, 2.05) is 0 Å². The van der Waals surface area contributed by atoms with Crippen LogP contribution in [0, 0.1) is 0 Å². The molecule has 5 nitrogen and oxygen atoms in total. The van der Waals surface area contributed by atoms with Gasteiger partial charge in [0.15, 0.2) is 0 Å². The van der Waals surface area contributed by atoms with Crippen molar-refractivity contribution in [2.45, 2.75) is 26.3 Å². The van der Waals surface area contributed by atoms with E-state index in [2.05, 4.69) is 4.98 Å². The number of hydrogen-bond acceptors (Lipinski definition) is 5. The van der Waals surface area contributed by atoms with Crippen LogP contribution in [0.5, 0.6) is 0 Å². The Hall–Kier alpha value is -1.76. The molecule has 0 amide bonds. The molecule has 7 heteroatoms. The van der Waals surface area contributed by atoms with Crippen molar-refractivity contribution < 1.29 is 18.3 Å². The van der Waals surface area contributed by atoms with Crippen LogP contribution < -0.4 is 11.5 Å². The topological polar surface area (TPSA) is 91.2 Å². The minimum atomic E-state index is -2.75. The first-order valence-corrected chi connectivity index (χ1v) is 5.41. The van der Waals surface area contributed by atoms with Gasteiger partial charge in [0.2, 0.25) is 0 Å². The number of nitrogens with zero attached hydrogens (tertiary/aromatic N) is 1. The number of anilines is 1. The van der Waals surface area contributed by atoms with Crippen molar-refractivity contribution in [3.63, 3.8) is 0 Å². The van der Waals surface area contributed by atoms with Gasteiger partial charge in [-0.25, -0.2) is 8.78 Å². The minimum absolute atomic E-state index is 0.0163. The van der Waals surface area contributed by atoms with Crippen molar-refractivity contribution in [3.05, 3.63) is 23.0 Å². The molecule has 18 heavy (non-hydrogen) atoms. The molecular formula is C11H15F2N3O2. The molecule has 0 saturated carbocycles. The lowest BCUT2D eigenvalue weighted by atomic mass is 10.0. The third-order valence-electron chi connectivity index (χ3n) is 2.40. The first kappa shape index (κ1) is 14.3. The first-order chi connectivity index (χ1) is 8.51. The molecule has 0 fully saturated rings. The molecule has 0 spiro atoms. The summed E-state index contributed by atoms with van der Waals surface area (Å²) in [7, 11) is 0. The summed E-state index contributed by atoms with van der Waals surface area (Å²) in [6, 6.07) is 0. The van der Waals surface area contributed by atoms with E-state index in [0.29, 0.717) is 5.69 Å². The number of rotatable bonds is 5. The molecule has 1 heterocycles. The molecule has 0 aliphatic heterocycles. The van der Waals surface area contributed by atoms with E-state index in [4.69, 9.17) is 16.2 Å². The van der Waals surface area contributed by atoms with Crippen LogP contribution in [0.2, 0.25) is 0 Å². The van der Waals surface area contributed by atoms with Crippen LogP contribution in [-0.4, -0.2) is 17.6 Å². The maximum Gasteiger partial charge on any atom is 0.310 e. The average Bonchev–Trinajstić information content (AvgIpc) is 2.31. The van der Waals surface area contributed by atoms with Crippen LogP contribution >= 0.6 is 0 Å². The Kier molecular flexibility index (Phi) is 4.96. The van der Waals surface area contributed by atoms with Gasteiger partial charge in [-0.15, -0.1) is 0 Å². The second-order valence-corrected chi connectivity index (χ2v) is 3.54. The van der Waals surface area contributed by atoms with E-state index in [-0.39, 0.29) is 30.8 Å². The number of alkyl halides is 2. The number of halogens is 2. The van der Waals surface area contributed by atoms with E-state index >= 15 is 0 Å². The van der Waals surface area contributed by atoms with Gasteiger partial charge >= 0.3 is 5.97 Å². The summed E-state index contributed by atoms with van der Waals surface area (Å²) in [5.41, 5.74) is 11.1. The monoisotopic (exact) mass is 259 g/mol. The third kappa shape index (κ3) is 3.13. The van der Waals surface area contributed by atoms with Crippen molar-refractivity contribution in [1.29, 1.82) is 0 Å². The van der Waals surface area contributed by atoms with E-state index < -0.39 is 18.0 Å². The highest BCUT2D eigenvalue weighted by atomic mass is 19.3. The van der Waals surface area contributed by atoms with Gasteiger partial charge in [0.05, 0.1) is 24.3 Å². The smallest absolute Gasteiger partial charge is 0.310 e. The number of nitrogen functional groups attached to an aromatic ring is 1. The molecule has 100 valence electrons. The average molecular weight is 259 g/mol. The lowest BCUT2D eigenvalue weighted by molar-refractivity contribution is -0.142. The van der Waals surface area contributed by atoms with Crippen LogP contribution in [0.1, 0.15) is 30.2 Å². The Morgan fingerprint density at radius 2 is 2.22 bits per heavy atom. The maximum absolute atomic E-state index is 12.7. The molecule has 0 aliphatic rings. The summed E-state index contributed by atoms with van der Waals surface area (Å²) < 4.78 is 30.1. The zero-order valence-electron chi connectivity index (χ0n) is 9.95. The standard InChI is InChI=1S/C11H15F2N3O2/c1-2-18-9(17)3-6-8(4-14)16-5-7(10(6)15)11(12)13/h5,11H,2-4,14H2,1H3,(H2,15,16). The van der Waals surface area contributed by atoms with Gasteiger partial charge in [0, 0.05) is 24.0 Å². The SMILES string of the molecule is CCOC(=O)Cc1c(CN)ncc(C(F)F)c1N. The highest BCUT2D eigenvalue weighted by Gasteiger charge is 2.20. The van der Waals surface area contributed by atoms with E-state index in [1.54, 1.807) is 6.92 Å². The summed E-state index contributed by atoms with van der Waals surface area (Å²) >= 11 is 0. The molecule has 0 saturated heterocycles. The zero-order chi connectivity index (χ0) is 13.7. The molecule has 0 unspecified atom stereocenters. The second-order valence-electron chi connectivity index (χ2n) is 3.54. The van der Waals surface area contributed by atoms with Crippen LogP contribution in [0.25, 0.3) is 0 Å². The lowest BCUT2D eigenvalue weighted by Gasteiger charge is -2.13. The van der Waals surface area contributed by atoms with Crippen LogP contribution in [-0.2, 0) is 22.5 Å². The number of ether oxygens (including phenoxy) is 1. The number of carbonyl (C=O) groups is 1. The number of aromatic nitrogens is 1. The van der Waals surface area contributed by atoms with E-state index in [9.17, 15) is 13.6 Å². The number of esters is 1. The number of nitrogens with two attached hydrogens (primary N) is 2. The van der Waals surface area contributed by atoms with Crippen LogP contribution in [0.15, 0.2) is 6.20 Å². The van der Waals surface area contributed by atoms with Gasteiger partial charge in [0.1, 0.15) is 0 Å². The van der Waals surface area contributed by atoms with Crippen molar-refractivity contribution in [2.24, 2.45) is 5.73 Å². The first-order valence-electron chi connectivity index (χ1n) is 5.41. The van der Waals surface area contributed by atoms with Gasteiger partial charge in [-0.1, -0.05) is 0 Å². The molecule has 0 aliphatic carbocycles. The van der Waals surface area contributed by atoms with Gasteiger partial charge < -0.3 is 16.2 Å². The number of carbonyl (C=O) groups excluding carboxylic acids is 1. The summed E-state index contributed by atoms with van der Waals surface area (Å²) in [5.74, 6) is -0.549. The molecular weight excluding hydrogens is 244 g/mol. The van der Waals surface area contributed by atoms with E-state index in [0.717, 1.165) is 6.20 Å². The predicted octanol–water partition coefficient (Wildman–Crippen LogP) is 1.17. The highest BCUT2D eigenvalue weighted by Crippen LogP contribution is 2.28. The van der Waals surface area contributed by atoms with Crippen LogP contribution in [0.3, 0.4) is 0 Å². The van der Waals surface area contributed by atoms with Gasteiger partial charge in [0.25, 0.3) is 6.43 Å². The van der Waals surface area contributed by atoms with Gasteiger partial charge in [-0.05, 0) is 6.92 Å². The summed E-state index contributed by atoms with van der Waals surface area (Å²) in [5, 5.41) is 0. The largest absolute Gasteiger partial charge is 0.466 e. The molecule has 0 bridgehead atoms. The quantitative estimate of drug-likeness (QED) is 0.774. The van der Waals surface area contributed by atoms with E-state index in [1.165, 1.54) is 0 Å². The van der Waals surface area contributed by atoms with Gasteiger partial charge in [-0.2, -0.15) is 0 Å². The summed E-state index contributed by atoms with van der Waals surface area (Å²) in [6.45, 7) is 1.88. The lowest BCUT2D eigenvalue weighted by Crippen LogP contribution is -2.15. The Bertz CT molecular complexity index is 439. The second kappa shape index (κ2) is 6.25. The molecule has 0 atom stereocenters. The van der Waals surface area contributed by atoms with Crippen molar-refractivity contribution in [1.82, 2.24) is 4.98 Å². The van der Waals surface area contributed by atoms with Crippen molar-refractivity contribution in [2.75, 3.05) is 12.3 Å². The Balaban J connectivity index is 3.13. The fourth-order valence-corrected chi connectivity index (χ4v) is 1.53. The minimum Gasteiger partial charge on any atom is -0.466 e. The zero-order valence-corrected chi connectivity index (χ0v) is 9.95. The fourth-order valence-electron chi connectivity index (χ4n) is 1.53. The number of hydrogen-bond donors (Lipinski definition) is 2. The van der Waals surface area contributed by atoms with Crippen LogP contribution in [0.4, 0.5) is 14.5 Å². The number of pyridine rings is 1. The molecule has 0 aromatic carbocycles.